The number of hydrogen-bond acceptors (Lipinski definition) is 1. The highest BCUT2D eigenvalue weighted by atomic mass is 16.5. The van der Waals surface area contributed by atoms with Crippen molar-refractivity contribution in [3.8, 4) is 0 Å². The molecule has 0 aromatic rings. The lowest BCUT2D eigenvalue weighted by molar-refractivity contribution is 0.233. The van der Waals surface area contributed by atoms with Crippen molar-refractivity contribution in [3.05, 3.63) is 18.6 Å². The fourth-order valence-electron chi connectivity index (χ4n) is 0.724. The molecule has 1 aliphatic rings. The van der Waals surface area contributed by atoms with Gasteiger partial charge in [-0.1, -0.05) is 12.2 Å². The van der Waals surface area contributed by atoms with E-state index in [9.17, 15) is 0 Å². The molecule has 1 saturated carbocycles. The van der Waals surface area contributed by atoms with Crippen molar-refractivity contribution in [3.63, 3.8) is 0 Å². The van der Waals surface area contributed by atoms with Gasteiger partial charge in [0.15, 0.2) is 0 Å². The van der Waals surface area contributed by atoms with E-state index in [4.69, 9.17) is 4.74 Å². The molecule has 0 amide bonds. The van der Waals surface area contributed by atoms with Gasteiger partial charge in [-0.2, -0.15) is 0 Å². The van der Waals surface area contributed by atoms with Gasteiger partial charge >= 0.3 is 0 Å². The fourth-order valence-corrected chi connectivity index (χ4v) is 0.724. The van der Waals surface area contributed by atoms with Crippen LogP contribution >= 0.6 is 0 Å². The fraction of sp³-hybridized carbons (Fsp3) is 0.625. The van der Waals surface area contributed by atoms with Crippen LogP contribution < -0.4 is 0 Å². The maximum absolute atomic E-state index is 4.85. The second-order valence-electron chi connectivity index (χ2n) is 2.39. The third kappa shape index (κ3) is 3.31. The number of ether oxygens (including phenoxy) is 1. The van der Waals surface area contributed by atoms with Crippen molar-refractivity contribution in [1.82, 2.24) is 0 Å². The van der Waals surface area contributed by atoms with Crippen molar-refractivity contribution in [2.24, 2.45) is 5.92 Å². The third-order valence-corrected chi connectivity index (χ3v) is 1.44. The Hall–Kier alpha value is -0.300. The van der Waals surface area contributed by atoms with E-state index in [2.05, 4.69) is 18.6 Å². The van der Waals surface area contributed by atoms with Gasteiger partial charge in [-0.15, -0.1) is 0 Å². The summed E-state index contributed by atoms with van der Waals surface area (Å²) in [5.74, 6) is 0.887. The Morgan fingerprint density at radius 2 is 2.44 bits per heavy atom. The summed E-state index contributed by atoms with van der Waals surface area (Å²) in [7, 11) is 1.72. The molecule has 1 unspecified atom stereocenters. The van der Waals surface area contributed by atoms with Gasteiger partial charge in [0, 0.05) is 7.11 Å². The first-order valence-electron chi connectivity index (χ1n) is 3.40. The van der Waals surface area contributed by atoms with Crippen LogP contribution in [0.2, 0.25) is 0 Å². The summed E-state index contributed by atoms with van der Waals surface area (Å²) in [5, 5.41) is 0. The van der Waals surface area contributed by atoms with Crippen molar-refractivity contribution in [2.45, 2.75) is 12.8 Å². The molecule has 51 valence electrons. The van der Waals surface area contributed by atoms with Crippen molar-refractivity contribution in [2.75, 3.05) is 13.7 Å². The average Bonchev–Trinajstić information content (AvgIpc) is 2.63. The summed E-state index contributed by atoms with van der Waals surface area (Å²) in [6.07, 6.45) is 9.13. The Kier molecular flexibility index (Phi) is 2.78. The lowest BCUT2D eigenvalue weighted by Crippen LogP contribution is -1.80. The van der Waals surface area contributed by atoms with Crippen LogP contribution in [0.15, 0.2) is 12.2 Å². The van der Waals surface area contributed by atoms with Crippen LogP contribution in [0.1, 0.15) is 12.8 Å². The predicted octanol–water partition coefficient (Wildman–Crippen LogP) is 1.80. The molecule has 0 N–H and O–H groups in total. The van der Waals surface area contributed by atoms with E-state index < -0.39 is 0 Å². The Balaban J connectivity index is 1.88. The van der Waals surface area contributed by atoms with Gasteiger partial charge in [0.2, 0.25) is 0 Å². The third-order valence-electron chi connectivity index (χ3n) is 1.44. The molecule has 1 radical (unpaired) electrons. The molecule has 1 heteroatoms. The number of rotatable bonds is 4. The number of methoxy groups -OCH3 is 1. The second kappa shape index (κ2) is 3.67. The molecule has 0 heterocycles. The molecular weight excluding hydrogens is 112 g/mol. The van der Waals surface area contributed by atoms with E-state index in [1.165, 1.54) is 12.8 Å². The van der Waals surface area contributed by atoms with E-state index in [-0.39, 0.29) is 0 Å². The van der Waals surface area contributed by atoms with E-state index >= 15 is 0 Å². The van der Waals surface area contributed by atoms with Crippen LogP contribution in [0, 0.1) is 12.3 Å². The van der Waals surface area contributed by atoms with Crippen LogP contribution in [-0.2, 0) is 4.74 Å². The molecule has 0 bridgehead atoms. The lowest BCUT2D eigenvalue weighted by Gasteiger charge is -1.87. The highest BCUT2D eigenvalue weighted by Gasteiger charge is 2.19. The van der Waals surface area contributed by atoms with Crippen LogP contribution in [0.25, 0.3) is 0 Å². The van der Waals surface area contributed by atoms with Gasteiger partial charge in [0.25, 0.3) is 0 Å². The van der Waals surface area contributed by atoms with Crippen LogP contribution in [0.3, 0.4) is 0 Å². The molecule has 0 spiro atoms. The van der Waals surface area contributed by atoms with Crippen molar-refractivity contribution < 1.29 is 4.74 Å². The monoisotopic (exact) mass is 125 g/mol. The molecule has 0 aromatic heterocycles. The van der Waals surface area contributed by atoms with Gasteiger partial charge in [0.05, 0.1) is 6.61 Å². The molecule has 1 rings (SSSR count). The van der Waals surface area contributed by atoms with Crippen LogP contribution in [0.4, 0.5) is 0 Å². The molecule has 1 fully saturated rings. The Bertz CT molecular complexity index is 92.7. The van der Waals surface area contributed by atoms with E-state index in [0.29, 0.717) is 0 Å². The Morgan fingerprint density at radius 1 is 1.67 bits per heavy atom. The summed E-state index contributed by atoms with van der Waals surface area (Å²) < 4.78 is 4.85. The first-order valence-corrected chi connectivity index (χ1v) is 3.40. The molecule has 0 aliphatic heterocycles. The SMILES string of the molecule is COCC=CCC1[CH]C1. The highest BCUT2D eigenvalue weighted by Crippen LogP contribution is 2.30. The molecule has 9 heavy (non-hydrogen) atoms. The zero-order valence-electron chi connectivity index (χ0n) is 5.84. The molecule has 1 atom stereocenters. The lowest BCUT2D eigenvalue weighted by atomic mass is 10.3. The van der Waals surface area contributed by atoms with Gasteiger partial charge in [0.1, 0.15) is 0 Å². The minimum Gasteiger partial charge on any atom is -0.381 e. The van der Waals surface area contributed by atoms with Gasteiger partial charge in [-0.25, -0.2) is 0 Å². The molecule has 0 aromatic carbocycles. The average molecular weight is 125 g/mol. The van der Waals surface area contributed by atoms with Crippen molar-refractivity contribution >= 4 is 0 Å². The first-order chi connectivity index (χ1) is 4.43. The minimum atomic E-state index is 0.757. The highest BCUT2D eigenvalue weighted by molar-refractivity contribution is 4.99. The van der Waals surface area contributed by atoms with Gasteiger partial charge < -0.3 is 4.74 Å². The Labute approximate surface area is 56.7 Å². The maximum Gasteiger partial charge on any atom is 0.0643 e. The van der Waals surface area contributed by atoms with Gasteiger partial charge in [-0.3, -0.25) is 0 Å². The molecular formula is C8H13O. The normalized spacial score (nSPS) is 19.2. The number of allylic oxidation sites excluding steroid dienone is 1. The maximum atomic E-state index is 4.85. The first kappa shape index (κ1) is 6.81. The quantitative estimate of drug-likeness (QED) is 0.520. The molecule has 0 saturated heterocycles. The summed E-state index contributed by atoms with van der Waals surface area (Å²) in [6, 6.07) is 0. The van der Waals surface area contributed by atoms with Crippen molar-refractivity contribution in [1.29, 1.82) is 0 Å². The Morgan fingerprint density at radius 3 is 3.00 bits per heavy atom. The molecule has 1 aliphatic carbocycles. The van der Waals surface area contributed by atoms with E-state index in [1.54, 1.807) is 7.11 Å². The topological polar surface area (TPSA) is 9.23 Å². The summed E-state index contributed by atoms with van der Waals surface area (Å²) in [5.41, 5.74) is 0. The van der Waals surface area contributed by atoms with Crippen LogP contribution in [0.5, 0.6) is 0 Å². The summed E-state index contributed by atoms with van der Waals surface area (Å²) in [6.45, 7) is 0.757. The largest absolute Gasteiger partial charge is 0.381 e. The standard InChI is InChI=1S/C8H13O/c1-9-7-3-2-4-8-5-6-8/h2-3,5,8H,4,6-7H2,1H3. The second-order valence-corrected chi connectivity index (χ2v) is 2.39. The number of hydrogen-bond donors (Lipinski definition) is 0. The minimum absolute atomic E-state index is 0.757. The van der Waals surface area contributed by atoms with Gasteiger partial charge in [-0.05, 0) is 25.2 Å². The van der Waals surface area contributed by atoms with E-state index in [1.807, 2.05) is 0 Å². The smallest absolute Gasteiger partial charge is 0.0643 e. The zero-order valence-corrected chi connectivity index (χ0v) is 5.84. The van der Waals surface area contributed by atoms with E-state index in [0.717, 1.165) is 12.5 Å². The van der Waals surface area contributed by atoms with Crippen LogP contribution in [-0.4, -0.2) is 13.7 Å². The molecule has 1 nitrogen and oxygen atoms in total. The predicted molar refractivity (Wildman–Crippen MR) is 38.0 cm³/mol. The zero-order chi connectivity index (χ0) is 6.53. The summed E-state index contributed by atoms with van der Waals surface area (Å²) in [4.78, 5) is 0. The summed E-state index contributed by atoms with van der Waals surface area (Å²) >= 11 is 0.